The number of thiazole rings is 1. The third-order valence-electron chi connectivity index (χ3n) is 5.06. The zero-order valence-electron chi connectivity index (χ0n) is 15.5. The van der Waals surface area contributed by atoms with Crippen molar-refractivity contribution in [1.29, 1.82) is 0 Å². The van der Waals surface area contributed by atoms with Gasteiger partial charge in [0.25, 0.3) is 0 Å². The Morgan fingerprint density at radius 3 is 2.44 bits per heavy atom. The molecule has 0 saturated carbocycles. The highest BCUT2D eigenvalue weighted by atomic mass is 35.5. The summed E-state index contributed by atoms with van der Waals surface area (Å²) in [6, 6.07) is 12.1. The molecular formula is C21H22ClN3OS. The molecule has 0 spiro atoms. The van der Waals surface area contributed by atoms with Gasteiger partial charge in [-0.3, -0.25) is 4.79 Å². The lowest BCUT2D eigenvalue weighted by Gasteiger charge is -2.34. The van der Waals surface area contributed by atoms with E-state index in [0.717, 1.165) is 57.7 Å². The molecule has 3 aromatic rings. The zero-order valence-corrected chi connectivity index (χ0v) is 17.1. The summed E-state index contributed by atoms with van der Waals surface area (Å²) >= 11 is 7.97. The number of piperazine rings is 1. The Bertz CT molecular complexity index is 936. The number of aromatic nitrogens is 1. The zero-order chi connectivity index (χ0) is 19.0. The molecule has 1 saturated heterocycles. The summed E-state index contributed by atoms with van der Waals surface area (Å²) in [6.45, 7) is 7.18. The first-order valence-electron chi connectivity index (χ1n) is 9.15. The van der Waals surface area contributed by atoms with E-state index in [-0.39, 0.29) is 5.91 Å². The van der Waals surface area contributed by atoms with Gasteiger partial charge in [-0.05, 0) is 31.0 Å². The second kappa shape index (κ2) is 7.49. The van der Waals surface area contributed by atoms with Gasteiger partial charge in [0.1, 0.15) is 0 Å². The number of carbonyl (C=O) groups excluding carboxylic acids is 1. The minimum Gasteiger partial charge on any atom is -0.345 e. The number of amides is 1. The first-order valence-corrected chi connectivity index (χ1v) is 10.3. The van der Waals surface area contributed by atoms with Crippen LogP contribution in [-0.2, 0) is 11.2 Å². The van der Waals surface area contributed by atoms with Gasteiger partial charge in [0.05, 0.1) is 21.7 Å². The first-order chi connectivity index (χ1) is 13.0. The number of carbonyl (C=O) groups is 1. The quantitative estimate of drug-likeness (QED) is 0.652. The summed E-state index contributed by atoms with van der Waals surface area (Å²) in [4.78, 5) is 21.6. The fraction of sp³-hybridized carbons (Fsp3) is 0.333. The molecule has 1 amide bonds. The number of hydrogen-bond acceptors (Lipinski definition) is 4. The van der Waals surface area contributed by atoms with Crippen molar-refractivity contribution < 1.29 is 4.79 Å². The Morgan fingerprint density at radius 1 is 1.07 bits per heavy atom. The molecule has 1 fully saturated rings. The second-order valence-corrected chi connectivity index (χ2v) is 8.45. The van der Waals surface area contributed by atoms with Crippen molar-refractivity contribution >= 4 is 44.2 Å². The van der Waals surface area contributed by atoms with Crippen molar-refractivity contribution in [2.75, 3.05) is 31.1 Å². The number of aryl methyl sites for hydroxylation is 2. The van der Waals surface area contributed by atoms with Gasteiger partial charge in [-0.2, -0.15) is 0 Å². The molecule has 1 aliphatic rings. The second-order valence-electron chi connectivity index (χ2n) is 7.07. The maximum absolute atomic E-state index is 12.6. The van der Waals surface area contributed by atoms with E-state index < -0.39 is 0 Å². The van der Waals surface area contributed by atoms with Gasteiger partial charge in [-0.15, -0.1) is 0 Å². The maximum atomic E-state index is 12.6. The smallest absolute Gasteiger partial charge is 0.227 e. The summed E-state index contributed by atoms with van der Waals surface area (Å²) in [5.74, 6) is 0.196. The highest BCUT2D eigenvalue weighted by Crippen LogP contribution is 2.35. The summed E-state index contributed by atoms with van der Waals surface area (Å²) in [6.07, 6.45) is 0.468. The summed E-state index contributed by atoms with van der Waals surface area (Å²) in [7, 11) is 0. The average Bonchev–Trinajstić information content (AvgIpc) is 3.14. The van der Waals surface area contributed by atoms with Crippen LogP contribution in [0.2, 0.25) is 5.02 Å². The van der Waals surface area contributed by atoms with Crippen molar-refractivity contribution in [3.8, 4) is 0 Å². The number of fused-ring (bicyclic) bond motifs is 1. The Labute approximate surface area is 168 Å². The van der Waals surface area contributed by atoms with Crippen molar-refractivity contribution in [3.05, 3.63) is 58.1 Å². The molecule has 0 atom stereocenters. The molecule has 4 nitrogen and oxygen atoms in total. The average molecular weight is 400 g/mol. The fourth-order valence-electron chi connectivity index (χ4n) is 3.37. The summed E-state index contributed by atoms with van der Waals surface area (Å²) in [5.41, 5.74) is 4.42. The summed E-state index contributed by atoms with van der Waals surface area (Å²) < 4.78 is 1.05. The number of benzene rings is 2. The van der Waals surface area contributed by atoms with E-state index in [1.807, 2.05) is 29.2 Å². The Morgan fingerprint density at radius 2 is 1.78 bits per heavy atom. The van der Waals surface area contributed by atoms with Gasteiger partial charge in [0.15, 0.2) is 5.13 Å². The molecule has 140 valence electrons. The predicted octanol–water partition coefficient (Wildman–Crippen LogP) is 4.46. The van der Waals surface area contributed by atoms with Crippen LogP contribution in [0.5, 0.6) is 0 Å². The Balaban J connectivity index is 1.41. The van der Waals surface area contributed by atoms with E-state index in [2.05, 4.69) is 30.9 Å². The van der Waals surface area contributed by atoms with Crippen LogP contribution in [0.25, 0.3) is 10.2 Å². The molecular weight excluding hydrogens is 378 g/mol. The lowest BCUT2D eigenvalue weighted by Crippen LogP contribution is -2.49. The van der Waals surface area contributed by atoms with Crippen LogP contribution < -0.4 is 4.90 Å². The highest BCUT2D eigenvalue weighted by molar-refractivity contribution is 7.22. The van der Waals surface area contributed by atoms with E-state index in [0.29, 0.717) is 6.42 Å². The highest BCUT2D eigenvalue weighted by Gasteiger charge is 2.23. The van der Waals surface area contributed by atoms with Crippen molar-refractivity contribution in [3.63, 3.8) is 0 Å². The van der Waals surface area contributed by atoms with Gasteiger partial charge in [0.2, 0.25) is 5.91 Å². The van der Waals surface area contributed by atoms with Crippen molar-refractivity contribution in [2.45, 2.75) is 20.3 Å². The number of hydrogen-bond donors (Lipinski definition) is 0. The number of anilines is 1. The number of nitrogens with zero attached hydrogens (tertiary/aromatic N) is 3. The Hall–Kier alpha value is -2.11. The van der Waals surface area contributed by atoms with E-state index in [1.165, 1.54) is 5.56 Å². The minimum absolute atomic E-state index is 0.196. The molecule has 1 aliphatic heterocycles. The number of halogens is 1. The topological polar surface area (TPSA) is 36.4 Å². The van der Waals surface area contributed by atoms with Gasteiger partial charge < -0.3 is 9.80 Å². The van der Waals surface area contributed by atoms with Crippen LogP contribution in [0.3, 0.4) is 0 Å². The monoisotopic (exact) mass is 399 g/mol. The van der Waals surface area contributed by atoms with Gasteiger partial charge >= 0.3 is 0 Å². The molecule has 4 rings (SSSR count). The van der Waals surface area contributed by atoms with E-state index in [4.69, 9.17) is 16.6 Å². The molecule has 0 N–H and O–H groups in total. The van der Waals surface area contributed by atoms with Gasteiger partial charge in [-0.1, -0.05) is 58.8 Å². The van der Waals surface area contributed by atoms with Crippen LogP contribution in [0.4, 0.5) is 5.13 Å². The molecule has 0 bridgehead atoms. The molecule has 0 radical (unpaired) electrons. The predicted molar refractivity (Wildman–Crippen MR) is 113 cm³/mol. The molecule has 1 aromatic heterocycles. The van der Waals surface area contributed by atoms with Crippen LogP contribution in [-0.4, -0.2) is 42.0 Å². The largest absolute Gasteiger partial charge is 0.345 e. The van der Waals surface area contributed by atoms with E-state index in [9.17, 15) is 4.79 Å². The Kier molecular flexibility index (Phi) is 5.06. The molecule has 6 heteroatoms. The van der Waals surface area contributed by atoms with E-state index in [1.54, 1.807) is 11.3 Å². The third kappa shape index (κ3) is 3.80. The molecule has 0 aliphatic carbocycles. The SMILES string of the molecule is Cc1ccc(CC(=O)N2CCN(c3nc4c(C)ccc(Cl)c4s3)CC2)cc1. The lowest BCUT2D eigenvalue weighted by atomic mass is 10.1. The minimum atomic E-state index is 0.196. The van der Waals surface area contributed by atoms with Gasteiger partial charge in [-0.25, -0.2) is 4.98 Å². The maximum Gasteiger partial charge on any atom is 0.227 e. The van der Waals surface area contributed by atoms with Crippen LogP contribution in [0.15, 0.2) is 36.4 Å². The molecule has 27 heavy (non-hydrogen) atoms. The lowest BCUT2D eigenvalue weighted by molar-refractivity contribution is -0.130. The van der Waals surface area contributed by atoms with Crippen LogP contribution in [0.1, 0.15) is 16.7 Å². The van der Waals surface area contributed by atoms with Crippen LogP contribution >= 0.6 is 22.9 Å². The third-order valence-corrected chi connectivity index (χ3v) is 6.64. The summed E-state index contributed by atoms with van der Waals surface area (Å²) in [5, 5.41) is 1.75. The van der Waals surface area contributed by atoms with E-state index >= 15 is 0 Å². The molecule has 2 heterocycles. The molecule has 0 unspecified atom stereocenters. The molecule has 2 aromatic carbocycles. The fourth-order valence-corrected chi connectivity index (χ4v) is 4.73. The van der Waals surface area contributed by atoms with Crippen LogP contribution in [0, 0.1) is 13.8 Å². The van der Waals surface area contributed by atoms with Crippen molar-refractivity contribution in [1.82, 2.24) is 9.88 Å². The standard InChI is InChI=1S/C21H22ClN3OS/c1-14-3-6-16(7-4-14)13-18(26)24-9-11-25(12-10-24)21-23-19-15(2)5-8-17(22)20(19)27-21/h3-8H,9-13H2,1-2H3. The first kappa shape index (κ1) is 18.3. The van der Waals surface area contributed by atoms with Gasteiger partial charge in [0, 0.05) is 26.2 Å². The normalized spacial score (nSPS) is 14.8. The van der Waals surface area contributed by atoms with Crippen molar-refractivity contribution in [2.24, 2.45) is 0 Å². The number of rotatable bonds is 3.